The Morgan fingerprint density at radius 3 is 2.46 bits per heavy atom. The van der Waals surface area contributed by atoms with Crippen LogP contribution in [0.1, 0.15) is 46.5 Å². The fraction of sp³-hybridized carbons (Fsp3) is 0.448. The molecule has 2 aromatic carbocycles. The van der Waals surface area contributed by atoms with Crippen molar-refractivity contribution in [1.29, 1.82) is 0 Å². The third kappa shape index (κ3) is 7.46. The van der Waals surface area contributed by atoms with Crippen molar-refractivity contribution in [2.45, 2.75) is 64.2 Å². The molecule has 1 fully saturated rings. The van der Waals surface area contributed by atoms with Crippen LogP contribution in [-0.4, -0.2) is 54.0 Å². The third-order valence-corrected chi connectivity index (χ3v) is 7.03. The third-order valence-electron chi connectivity index (χ3n) is 6.74. The Bertz CT molecular complexity index is 1410. The number of amides is 1. The summed E-state index contributed by atoms with van der Waals surface area (Å²) in [5.41, 5.74) is 0.0546. The Balaban J connectivity index is 1.50. The second kappa shape index (κ2) is 12.8. The van der Waals surface area contributed by atoms with Crippen LogP contribution in [0, 0.1) is 11.7 Å². The number of rotatable bonds is 8. The van der Waals surface area contributed by atoms with E-state index in [0.717, 1.165) is 0 Å². The summed E-state index contributed by atoms with van der Waals surface area (Å²) in [7, 11) is 2.83. The van der Waals surface area contributed by atoms with Gasteiger partial charge in [0.2, 0.25) is 0 Å². The number of nitrogens with zero attached hydrogens (tertiary/aromatic N) is 2. The van der Waals surface area contributed by atoms with Crippen molar-refractivity contribution in [1.82, 2.24) is 15.3 Å². The number of esters is 1. The Morgan fingerprint density at radius 2 is 1.80 bits per heavy atom. The number of alkyl carbamates (subject to hydrolysis) is 1. The fourth-order valence-corrected chi connectivity index (χ4v) is 4.97. The summed E-state index contributed by atoms with van der Waals surface area (Å²) in [4.78, 5) is 33.5. The zero-order valence-corrected chi connectivity index (χ0v) is 24.4. The minimum Gasteiger partial charge on any atom is -0.493 e. The highest BCUT2D eigenvalue weighted by Gasteiger charge is 2.36. The van der Waals surface area contributed by atoms with Crippen LogP contribution in [0.3, 0.4) is 0 Å². The number of hydrogen-bond acceptors (Lipinski definition) is 9. The van der Waals surface area contributed by atoms with E-state index in [9.17, 15) is 14.0 Å². The Morgan fingerprint density at radius 1 is 1.07 bits per heavy atom. The maximum absolute atomic E-state index is 14.6. The highest BCUT2D eigenvalue weighted by molar-refractivity contribution is 6.31. The van der Waals surface area contributed by atoms with Crippen LogP contribution in [0.2, 0.25) is 5.02 Å². The van der Waals surface area contributed by atoms with Crippen molar-refractivity contribution < 1.29 is 32.9 Å². The maximum Gasteiger partial charge on any atom is 0.408 e. The highest BCUT2D eigenvalue weighted by atomic mass is 35.5. The fourth-order valence-electron chi connectivity index (χ4n) is 4.79. The molecule has 0 unspecified atom stereocenters. The first kappa shape index (κ1) is 30.1. The van der Waals surface area contributed by atoms with Crippen molar-refractivity contribution in [3.05, 3.63) is 47.5 Å². The number of ether oxygens (including phenoxy) is 4. The van der Waals surface area contributed by atoms with Crippen molar-refractivity contribution in [2.24, 2.45) is 5.92 Å². The van der Waals surface area contributed by atoms with Gasteiger partial charge in [0.25, 0.3) is 0 Å². The van der Waals surface area contributed by atoms with E-state index in [0.29, 0.717) is 53.9 Å². The van der Waals surface area contributed by atoms with Gasteiger partial charge in [-0.15, -0.1) is 0 Å². The van der Waals surface area contributed by atoms with Gasteiger partial charge in [-0.3, -0.25) is 0 Å². The number of aromatic nitrogens is 2. The second-order valence-electron chi connectivity index (χ2n) is 10.8. The molecule has 0 saturated heterocycles. The maximum atomic E-state index is 14.6. The molecular weight excluding hydrogens is 555 g/mol. The molecule has 2 N–H and O–H groups in total. The lowest BCUT2D eigenvalue weighted by Gasteiger charge is -2.33. The predicted octanol–water partition coefficient (Wildman–Crippen LogP) is 6.18. The van der Waals surface area contributed by atoms with Crippen LogP contribution < -0.4 is 20.1 Å². The lowest BCUT2D eigenvalue weighted by atomic mass is 9.82. The monoisotopic (exact) mass is 588 g/mol. The van der Waals surface area contributed by atoms with E-state index in [1.807, 2.05) is 0 Å². The smallest absolute Gasteiger partial charge is 0.408 e. The van der Waals surface area contributed by atoms with Gasteiger partial charge in [-0.1, -0.05) is 17.7 Å². The lowest BCUT2D eigenvalue weighted by Crippen LogP contribution is -2.49. The number of methoxy groups -OCH3 is 2. The number of fused-ring (bicyclic) bond motifs is 1. The van der Waals surface area contributed by atoms with Crippen LogP contribution in [-0.2, 0) is 14.3 Å². The van der Waals surface area contributed by atoms with E-state index < -0.39 is 29.5 Å². The number of anilines is 2. The molecule has 1 amide bonds. The van der Waals surface area contributed by atoms with E-state index >= 15 is 0 Å². The molecule has 220 valence electrons. The lowest BCUT2D eigenvalue weighted by molar-refractivity contribution is -0.145. The zero-order chi connectivity index (χ0) is 29.7. The van der Waals surface area contributed by atoms with Gasteiger partial charge in [-0.25, -0.2) is 23.9 Å². The molecule has 0 radical (unpaired) electrons. The van der Waals surface area contributed by atoms with Gasteiger partial charge in [-0.05, 0) is 70.6 Å². The summed E-state index contributed by atoms with van der Waals surface area (Å²) >= 11 is 5.94. The number of nitrogens with one attached hydrogen (secondary N) is 2. The van der Waals surface area contributed by atoms with Crippen LogP contribution in [0.15, 0.2) is 36.7 Å². The van der Waals surface area contributed by atoms with Crippen LogP contribution in [0.5, 0.6) is 11.5 Å². The molecule has 41 heavy (non-hydrogen) atoms. The molecule has 12 heteroatoms. The molecule has 1 heterocycles. The summed E-state index contributed by atoms with van der Waals surface area (Å²) in [6, 6.07) is 7.32. The van der Waals surface area contributed by atoms with Gasteiger partial charge >= 0.3 is 12.1 Å². The van der Waals surface area contributed by atoms with E-state index in [1.165, 1.54) is 26.6 Å². The number of carbonyl (C=O) groups excluding carboxylic acids is 2. The van der Waals surface area contributed by atoms with Crippen molar-refractivity contribution in [3.63, 3.8) is 0 Å². The summed E-state index contributed by atoms with van der Waals surface area (Å²) in [6.07, 6.45) is 3.00. The molecule has 3 aromatic rings. The molecule has 1 aliphatic carbocycles. The average Bonchev–Trinajstić information content (AvgIpc) is 2.93. The first-order chi connectivity index (χ1) is 19.5. The molecule has 1 aromatic heterocycles. The minimum absolute atomic E-state index is 0.00890. The number of hydrogen-bond donors (Lipinski definition) is 2. The van der Waals surface area contributed by atoms with Crippen molar-refractivity contribution in [2.75, 3.05) is 19.5 Å². The van der Waals surface area contributed by atoms with E-state index in [-0.39, 0.29) is 22.7 Å². The van der Waals surface area contributed by atoms with Gasteiger partial charge < -0.3 is 29.6 Å². The molecule has 4 rings (SSSR count). The molecule has 1 aliphatic rings. The largest absolute Gasteiger partial charge is 0.493 e. The quantitative estimate of drug-likeness (QED) is 0.297. The van der Waals surface area contributed by atoms with Gasteiger partial charge in [0.05, 0.1) is 36.6 Å². The molecule has 1 saturated carbocycles. The summed E-state index contributed by atoms with van der Waals surface area (Å²) in [5.74, 6) is 0.0785. The van der Waals surface area contributed by atoms with Gasteiger partial charge in [0, 0.05) is 11.5 Å². The van der Waals surface area contributed by atoms with Crippen LogP contribution >= 0.6 is 11.6 Å². The normalized spacial score (nSPS) is 17.8. The SMILES string of the molecule is COC(=O)[C@H](NC(=O)OC(C)(C)C)[C@H]1CC[C@H](Oc2cc3c(Nc4cccc(Cl)c4F)ncnc3cc2OC)CC1. The molecular formula is C29H34ClFN4O6. The van der Waals surface area contributed by atoms with E-state index in [1.54, 1.807) is 45.0 Å². The topological polar surface area (TPSA) is 121 Å². The summed E-state index contributed by atoms with van der Waals surface area (Å²) < 4.78 is 36.8. The van der Waals surface area contributed by atoms with E-state index in [4.69, 9.17) is 30.5 Å². The van der Waals surface area contributed by atoms with Gasteiger partial charge in [0.15, 0.2) is 17.3 Å². The zero-order valence-electron chi connectivity index (χ0n) is 23.6. The second-order valence-corrected chi connectivity index (χ2v) is 11.2. The highest BCUT2D eigenvalue weighted by Crippen LogP contribution is 2.38. The first-order valence-electron chi connectivity index (χ1n) is 13.3. The average molecular weight is 589 g/mol. The number of halogens is 2. The van der Waals surface area contributed by atoms with Crippen molar-refractivity contribution in [3.8, 4) is 11.5 Å². The number of benzene rings is 2. The Kier molecular flexibility index (Phi) is 9.37. The molecule has 1 atom stereocenters. The molecule has 0 aliphatic heterocycles. The molecule has 0 bridgehead atoms. The molecule has 0 spiro atoms. The summed E-state index contributed by atoms with van der Waals surface area (Å²) in [6.45, 7) is 5.26. The Hall–Kier alpha value is -3.86. The first-order valence-corrected chi connectivity index (χ1v) is 13.6. The molecule has 10 nitrogen and oxygen atoms in total. The van der Waals surface area contributed by atoms with Crippen molar-refractivity contribution >= 4 is 46.1 Å². The van der Waals surface area contributed by atoms with Gasteiger partial charge in [-0.2, -0.15) is 0 Å². The predicted molar refractivity (Wildman–Crippen MR) is 152 cm³/mol. The van der Waals surface area contributed by atoms with Crippen LogP contribution in [0.25, 0.3) is 10.9 Å². The number of carbonyl (C=O) groups is 2. The standard InChI is InChI=1S/C29H34ClFN4O6/c1-29(2,3)41-28(37)35-25(27(36)39-5)16-9-11-17(12-10-16)40-23-13-18-21(14-22(23)38-4)32-15-33-26(18)34-20-8-6-7-19(30)24(20)31/h6-8,13-17,25H,9-12H2,1-5H3,(H,35,37)(H,32,33,34)/t16-,17-,25-/m1/s1. The summed E-state index contributed by atoms with van der Waals surface area (Å²) in [5, 5.41) is 6.26. The minimum atomic E-state index is -0.830. The van der Waals surface area contributed by atoms with Gasteiger partial charge in [0.1, 0.15) is 23.8 Å². The van der Waals surface area contributed by atoms with Crippen LogP contribution in [0.4, 0.5) is 20.7 Å². The van der Waals surface area contributed by atoms with E-state index in [2.05, 4.69) is 20.6 Å². The Labute approximate surface area is 242 Å².